The van der Waals surface area contributed by atoms with E-state index < -0.39 is 0 Å². The molecule has 0 spiro atoms. The van der Waals surface area contributed by atoms with Crippen molar-refractivity contribution >= 4 is 27.5 Å². The lowest BCUT2D eigenvalue weighted by atomic mass is 10.1. The Morgan fingerprint density at radius 1 is 1.12 bits per heavy atom. The maximum atomic E-state index is 12.8. The zero-order valence-electron chi connectivity index (χ0n) is 15.7. The summed E-state index contributed by atoms with van der Waals surface area (Å²) in [4.78, 5) is 12.8. The van der Waals surface area contributed by atoms with E-state index in [2.05, 4.69) is 35.1 Å². The number of anilines is 1. The van der Waals surface area contributed by atoms with Gasteiger partial charge >= 0.3 is 0 Å². The van der Waals surface area contributed by atoms with Gasteiger partial charge in [0.05, 0.1) is 18.3 Å². The van der Waals surface area contributed by atoms with Crippen molar-refractivity contribution in [2.24, 2.45) is 5.92 Å². The van der Waals surface area contributed by atoms with Crippen molar-refractivity contribution in [3.05, 3.63) is 52.5 Å². The topological polar surface area (TPSA) is 47.6 Å². The third-order valence-corrected chi connectivity index (χ3v) is 4.10. The first-order valence-electron chi connectivity index (χ1n) is 8.85. The molecule has 0 heterocycles. The van der Waals surface area contributed by atoms with E-state index in [4.69, 9.17) is 9.47 Å². The van der Waals surface area contributed by atoms with Gasteiger partial charge in [-0.3, -0.25) is 4.79 Å². The van der Waals surface area contributed by atoms with Gasteiger partial charge in [-0.05, 0) is 56.5 Å². The number of carbonyl (C=O) groups excluding carboxylic acids is 1. The Balaban J connectivity index is 2.14. The Labute approximate surface area is 164 Å². The minimum atomic E-state index is -0.215. The number of carbonyl (C=O) groups is 1. The van der Waals surface area contributed by atoms with Crippen molar-refractivity contribution in [2.75, 3.05) is 11.9 Å². The lowest BCUT2D eigenvalue weighted by Crippen LogP contribution is -2.14. The molecule has 1 N–H and O–H groups in total. The van der Waals surface area contributed by atoms with E-state index in [1.54, 1.807) is 6.07 Å². The molecule has 0 bridgehead atoms. The highest BCUT2D eigenvalue weighted by atomic mass is 79.9. The number of hydrogen-bond acceptors (Lipinski definition) is 3. The fraction of sp³-hybridized carbons (Fsp3) is 0.381. The summed E-state index contributed by atoms with van der Waals surface area (Å²) in [5, 5.41) is 2.92. The first-order valence-corrected chi connectivity index (χ1v) is 9.65. The van der Waals surface area contributed by atoms with Crippen LogP contribution in [0, 0.1) is 5.92 Å². The average molecular weight is 420 g/mol. The zero-order chi connectivity index (χ0) is 19.1. The summed E-state index contributed by atoms with van der Waals surface area (Å²) in [6, 6.07) is 12.8. The van der Waals surface area contributed by atoms with Crippen LogP contribution in [0.15, 0.2) is 46.9 Å². The van der Waals surface area contributed by atoms with Crippen LogP contribution < -0.4 is 14.8 Å². The zero-order valence-corrected chi connectivity index (χ0v) is 17.3. The summed E-state index contributed by atoms with van der Waals surface area (Å²) in [6.45, 7) is 8.80. The number of halogens is 1. The molecule has 0 atom stereocenters. The number of nitrogens with one attached hydrogen (secondary N) is 1. The van der Waals surface area contributed by atoms with Crippen LogP contribution in [0.2, 0.25) is 0 Å². The van der Waals surface area contributed by atoms with E-state index in [0.717, 1.165) is 16.6 Å². The highest BCUT2D eigenvalue weighted by molar-refractivity contribution is 9.10. The number of rotatable bonds is 8. The second-order valence-corrected chi connectivity index (χ2v) is 7.74. The first kappa shape index (κ1) is 20.3. The summed E-state index contributed by atoms with van der Waals surface area (Å²) < 4.78 is 12.3. The molecule has 2 rings (SSSR count). The number of amides is 1. The summed E-state index contributed by atoms with van der Waals surface area (Å²) in [5.41, 5.74) is 1.18. The molecule has 0 aliphatic rings. The highest BCUT2D eigenvalue weighted by Crippen LogP contribution is 2.26. The smallest absolute Gasteiger partial charge is 0.259 e. The minimum Gasteiger partial charge on any atom is -0.493 e. The first-order chi connectivity index (χ1) is 12.3. The summed E-state index contributed by atoms with van der Waals surface area (Å²) in [5.74, 6) is 1.64. The Kier molecular flexibility index (Phi) is 7.51. The van der Waals surface area contributed by atoms with Gasteiger partial charge in [0.1, 0.15) is 11.5 Å². The van der Waals surface area contributed by atoms with E-state index in [-0.39, 0.29) is 12.0 Å². The normalized spacial score (nSPS) is 10.9. The molecule has 140 valence electrons. The Morgan fingerprint density at radius 2 is 1.88 bits per heavy atom. The molecule has 0 aliphatic carbocycles. The van der Waals surface area contributed by atoms with Gasteiger partial charge in [0.2, 0.25) is 0 Å². The molecule has 0 unspecified atom stereocenters. The molecule has 2 aromatic carbocycles. The summed E-state index contributed by atoms with van der Waals surface area (Å²) in [7, 11) is 0. The third kappa shape index (κ3) is 6.37. The van der Waals surface area contributed by atoms with E-state index in [1.165, 1.54) is 0 Å². The third-order valence-electron chi connectivity index (χ3n) is 3.60. The van der Waals surface area contributed by atoms with Crippen molar-refractivity contribution in [1.82, 2.24) is 0 Å². The van der Waals surface area contributed by atoms with Gasteiger partial charge in [-0.15, -0.1) is 0 Å². The van der Waals surface area contributed by atoms with Crippen molar-refractivity contribution in [3.63, 3.8) is 0 Å². The molecule has 0 saturated heterocycles. The standard InChI is InChI=1S/C21H26BrNO3/c1-14(2)10-11-25-20-9-8-16(22)12-19(20)21(24)23-17-6-5-7-18(13-17)26-15(3)4/h5-9,12-15H,10-11H2,1-4H3,(H,23,24). The molecule has 26 heavy (non-hydrogen) atoms. The van der Waals surface area contributed by atoms with Crippen LogP contribution in [0.5, 0.6) is 11.5 Å². The van der Waals surface area contributed by atoms with Crippen LogP contribution in [-0.2, 0) is 0 Å². The molecular formula is C21H26BrNO3. The summed E-state index contributed by atoms with van der Waals surface area (Å²) >= 11 is 3.42. The van der Waals surface area contributed by atoms with Gasteiger partial charge in [-0.25, -0.2) is 0 Å². The predicted octanol–water partition coefficient (Wildman–Crippen LogP) is 5.91. The molecule has 0 saturated carbocycles. The van der Waals surface area contributed by atoms with Gasteiger partial charge in [0.15, 0.2) is 0 Å². The van der Waals surface area contributed by atoms with Crippen LogP contribution in [0.25, 0.3) is 0 Å². The van der Waals surface area contributed by atoms with Crippen LogP contribution in [0.4, 0.5) is 5.69 Å². The number of ether oxygens (including phenoxy) is 2. The van der Waals surface area contributed by atoms with E-state index >= 15 is 0 Å². The molecule has 0 radical (unpaired) electrons. The second kappa shape index (κ2) is 9.62. The van der Waals surface area contributed by atoms with Crippen molar-refractivity contribution in [1.29, 1.82) is 0 Å². The molecule has 0 fully saturated rings. The molecule has 0 aliphatic heterocycles. The number of hydrogen-bond donors (Lipinski definition) is 1. The Morgan fingerprint density at radius 3 is 2.58 bits per heavy atom. The predicted molar refractivity (Wildman–Crippen MR) is 109 cm³/mol. The SMILES string of the molecule is CC(C)CCOc1ccc(Br)cc1C(=O)Nc1cccc(OC(C)C)c1. The van der Waals surface area contributed by atoms with Crippen LogP contribution in [0.1, 0.15) is 44.5 Å². The molecule has 4 nitrogen and oxygen atoms in total. The van der Waals surface area contributed by atoms with Crippen molar-refractivity contribution in [2.45, 2.75) is 40.2 Å². The van der Waals surface area contributed by atoms with Gasteiger partial charge in [0.25, 0.3) is 5.91 Å². The average Bonchev–Trinajstić information content (AvgIpc) is 2.55. The molecule has 5 heteroatoms. The Bertz CT molecular complexity index is 744. The molecule has 0 aromatic heterocycles. The largest absolute Gasteiger partial charge is 0.493 e. The lowest BCUT2D eigenvalue weighted by Gasteiger charge is -2.14. The lowest BCUT2D eigenvalue weighted by molar-refractivity contribution is 0.102. The van der Waals surface area contributed by atoms with E-state index in [0.29, 0.717) is 29.5 Å². The van der Waals surface area contributed by atoms with Crippen LogP contribution in [-0.4, -0.2) is 18.6 Å². The maximum absolute atomic E-state index is 12.8. The summed E-state index contributed by atoms with van der Waals surface area (Å²) in [6.07, 6.45) is 1.01. The molecular weight excluding hydrogens is 394 g/mol. The van der Waals surface area contributed by atoms with Crippen LogP contribution in [0.3, 0.4) is 0 Å². The fourth-order valence-corrected chi connectivity index (χ4v) is 2.69. The van der Waals surface area contributed by atoms with Crippen LogP contribution >= 0.6 is 15.9 Å². The highest BCUT2D eigenvalue weighted by Gasteiger charge is 2.14. The Hall–Kier alpha value is -2.01. The van der Waals surface area contributed by atoms with Gasteiger partial charge < -0.3 is 14.8 Å². The number of benzene rings is 2. The monoisotopic (exact) mass is 419 g/mol. The maximum Gasteiger partial charge on any atom is 0.259 e. The van der Waals surface area contributed by atoms with Gasteiger partial charge in [-0.2, -0.15) is 0 Å². The van der Waals surface area contributed by atoms with Gasteiger partial charge in [0, 0.05) is 16.2 Å². The second-order valence-electron chi connectivity index (χ2n) is 6.82. The van der Waals surface area contributed by atoms with Crippen molar-refractivity contribution < 1.29 is 14.3 Å². The fourth-order valence-electron chi connectivity index (χ4n) is 2.33. The molecule has 1 amide bonds. The van der Waals surface area contributed by atoms with E-state index in [9.17, 15) is 4.79 Å². The minimum absolute atomic E-state index is 0.0759. The quantitative estimate of drug-likeness (QED) is 0.577. The van der Waals surface area contributed by atoms with Crippen molar-refractivity contribution in [3.8, 4) is 11.5 Å². The van der Waals surface area contributed by atoms with E-state index in [1.807, 2.05) is 50.2 Å². The molecule has 2 aromatic rings. The van der Waals surface area contributed by atoms with Gasteiger partial charge in [-0.1, -0.05) is 35.8 Å².